The van der Waals surface area contributed by atoms with Gasteiger partial charge in [0, 0.05) is 29.9 Å². The summed E-state index contributed by atoms with van der Waals surface area (Å²) in [5.41, 5.74) is 11.7. The SMILES string of the molecule is Cc1c(N)cc(C(=O)N2CCCC(C(N)=O)C2)cc1F. The van der Waals surface area contributed by atoms with Crippen molar-refractivity contribution in [2.75, 3.05) is 18.8 Å². The largest absolute Gasteiger partial charge is 0.398 e. The fraction of sp³-hybridized carbons (Fsp3) is 0.429. The molecular formula is C14H18FN3O2. The van der Waals surface area contributed by atoms with Gasteiger partial charge in [0.05, 0.1) is 5.92 Å². The first kappa shape index (κ1) is 14.3. The van der Waals surface area contributed by atoms with Crippen molar-refractivity contribution in [1.82, 2.24) is 4.90 Å². The molecule has 1 heterocycles. The molecule has 1 aromatic rings. The van der Waals surface area contributed by atoms with Crippen LogP contribution in [0.5, 0.6) is 0 Å². The van der Waals surface area contributed by atoms with E-state index in [1.165, 1.54) is 17.0 Å². The number of rotatable bonds is 2. The van der Waals surface area contributed by atoms with Gasteiger partial charge in [-0.05, 0) is 31.9 Å². The zero-order chi connectivity index (χ0) is 14.9. The number of hydrogen-bond acceptors (Lipinski definition) is 3. The highest BCUT2D eigenvalue weighted by Crippen LogP contribution is 2.22. The van der Waals surface area contributed by atoms with Crippen molar-refractivity contribution in [2.24, 2.45) is 11.7 Å². The molecule has 2 amide bonds. The number of benzene rings is 1. The van der Waals surface area contributed by atoms with E-state index < -0.39 is 11.7 Å². The average molecular weight is 279 g/mol. The van der Waals surface area contributed by atoms with Crippen molar-refractivity contribution in [3.05, 3.63) is 29.1 Å². The van der Waals surface area contributed by atoms with Crippen molar-refractivity contribution in [3.8, 4) is 0 Å². The normalized spacial score (nSPS) is 18.9. The number of nitrogens with two attached hydrogens (primary N) is 2. The third kappa shape index (κ3) is 2.74. The van der Waals surface area contributed by atoms with Gasteiger partial charge >= 0.3 is 0 Å². The maximum absolute atomic E-state index is 13.6. The number of piperidine rings is 1. The molecule has 1 atom stereocenters. The molecule has 0 bridgehead atoms. The number of carbonyl (C=O) groups is 2. The van der Waals surface area contributed by atoms with Crippen LogP contribution in [-0.4, -0.2) is 29.8 Å². The molecule has 20 heavy (non-hydrogen) atoms. The Morgan fingerprint density at radius 1 is 1.40 bits per heavy atom. The highest BCUT2D eigenvalue weighted by molar-refractivity contribution is 5.95. The molecule has 1 fully saturated rings. The predicted octanol–water partition coefficient (Wildman–Crippen LogP) is 1.05. The van der Waals surface area contributed by atoms with Gasteiger partial charge in [0.2, 0.25) is 5.91 Å². The van der Waals surface area contributed by atoms with Gasteiger partial charge < -0.3 is 16.4 Å². The summed E-state index contributed by atoms with van der Waals surface area (Å²) in [6.45, 7) is 2.38. The monoisotopic (exact) mass is 279 g/mol. The maximum Gasteiger partial charge on any atom is 0.254 e. The van der Waals surface area contributed by atoms with Gasteiger partial charge in [0.15, 0.2) is 0 Å². The highest BCUT2D eigenvalue weighted by atomic mass is 19.1. The number of likely N-dealkylation sites (tertiary alicyclic amines) is 1. The van der Waals surface area contributed by atoms with E-state index in [1.807, 2.05) is 0 Å². The summed E-state index contributed by atoms with van der Waals surface area (Å²) in [4.78, 5) is 25.1. The molecule has 1 saturated heterocycles. The second-order valence-corrected chi connectivity index (χ2v) is 5.16. The standard InChI is InChI=1S/C14H18FN3O2/c1-8-11(15)5-10(6-12(8)16)14(20)18-4-2-3-9(7-18)13(17)19/h5-6,9H,2-4,7,16H2,1H3,(H2,17,19). The van der Waals surface area contributed by atoms with Crippen molar-refractivity contribution in [2.45, 2.75) is 19.8 Å². The van der Waals surface area contributed by atoms with E-state index in [4.69, 9.17) is 11.5 Å². The Labute approximate surface area is 116 Å². The summed E-state index contributed by atoms with van der Waals surface area (Å²) in [7, 11) is 0. The summed E-state index contributed by atoms with van der Waals surface area (Å²) in [5, 5.41) is 0. The lowest BCUT2D eigenvalue weighted by atomic mass is 9.96. The van der Waals surface area contributed by atoms with E-state index in [0.29, 0.717) is 24.9 Å². The summed E-state index contributed by atoms with van der Waals surface area (Å²) in [6, 6.07) is 2.65. The van der Waals surface area contributed by atoms with Crippen LogP contribution in [0.2, 0.25) is 0 Å². The molecule has 0 aliphatic carbocycles. The van der Waals surface area contributed by atoms with E-state index in [0.717, 1.165) is 0 Å². The van der Waals surface area contributed by atoms with Crippen LogP contribution in [0, 0.1) is 18.7 Å². The Bertz CT molecular complexity index is 536. The second-order valence-electron chi connectivity index (χ2n) is 5.16. The third-order valence-corrected chi connectivity index (χ3v) is 3.74. The summed E-state index contributed by atoms with van der Waals surface area (Å²) >= 11 is 0. The van der Waals surface area contributed by atoms with Crippen LogP contribution >= 0.6 is 0 Å². The zero-order valence-corrected chi connectivity index (χ0v) is 11.4. The van der Waals surface area contributed by atoms with Gasteiger partial charge in [0.1, 0.15) is 5.82 Å². The van der Waals surface area contributed by atoms with E-state index >= 15 is 0 Å². The van der Waals surface area contributed by atoms with Crippen LogP contribution in [0.25, 0.3) is 0 Å². The molecule has 0 saturated carbocycles. The molecule has 1 aliphatic rings. The minimum Gasteiger partial charge on any atom is -0.398 e. The van der Waals surface area contributed by atoms with Gasteiger partial charge in [-0.25, -0.2) is 4.39 Å². The minimum atomic E-state index is -0.503. The van der Waals surface area contributed by atoms with Gasteiger partial charge in [-0.15, -0.1) is 0 Å². The van der Waals surface area contributed by atoms with Gasteiger partial charge in [0.25, 0.3) is 5.91 Å². The molecule has 2 rings (SSSR count). The number of halogens is 1. The first-order chi connectivity index (χ1) is 9.40. The van der Waals surface area contributed by atoms with Crippen molar-refractivity contribution >= 4 is 17.5 Å². The summed E-state index contributed by atoms with van der Waals surface area (Å²) in [6.07, 6.45) is 1.40. The number of anilines is 1. The number of carbonyl (C=O) groups excluding carboxylic acids is 2. The number of primary amides is 1. The number of hydrogen-bond donors (Lipinski definition) is 2. The van der Waals surface area contributed by atoms with Crippen LogP contribution in [0.3, 0.4) is 0 Å². The lowest BCUT2D eigenvalue weighted by Gasteiger charge is -2.31. The molecule has 0 radical (unpaired) electrons. The fourth-order valence-electron chi connectivity index (χ4n) is 2.40. The smallest absolute Gasteiger partial charge is 0.254 e. The van der Waals surface area contributed by atoms with E-state index in [9.17, 15) is 14.0 Å². The highest BCUT2D eigenvalue weighted by Gasteiger charge is 2.28. The molecule has 1 aromatic carbocycles. The Balaban J connectivity index is 2.21. The predicted molar refractivity (Wildman–Crippen MR) is 73.4 cm³/mol. The van der Waals surface area contributed by atoms with Crippen LogP contribution in [0.15, 0.2) is 12.1 Å². The van der Waals surface area contributed by atoms with Gasteiger partial charge in [-0.2, -0.15) is 0 Å². The number of amides is 2. The average Bonchev–Trinajstić information content (AvgIpc) is 2.43. The molecule has 6 heteroatoms. The van der Waals surface area contributed by atoms with E-state index in [-0.39, 0.29) is 29.6 Å². The minimum absolute atomic E-state index is 0.204. The van der Waals surface area contributed by atoms with E-state index in [1.54, 1.807) is 6.92 Å². The molecule has 4 N–H and O–H groups in total. The summed E-state index contributed by atoms with van der Waals surface area (Å²) < 4.78 is 13.6. The van der Waals surface area contributed by atoms with Gasteiger partial charge in [-0.3, -0.25) is 9.59 Å². The first-order valence-corrected chi connectivity index (χ1v) is 6.54. The topological polar surface area (TPSA) is 89.4 Å². The summed E-state index contributed by atoms with van der Waals surface area (Å²) in [5.74, 6) is -1.56. The molecule has 108 valence electrons. The lowest BCUT2D eigenvalue weighted by molar-refractivity contribution is -0.123. The Morgan fingerprint density at radius 3 is 2.70 bits per heavy atom. The van der Waals surface area contributed by atoms with Crippen LogP contribution in [0.4, 0.5) is 10.1 Å². The van der Waals surface area contributed by atoms with Gasteiger partial charge in [-0.1, -0.05) is 0 Å². The molecule has 1 unspecified atom stereocenters. The molecule has 5 nitrogen and oxygen atoms in total. The number of nitrogen functional groups attached to an aromatic ring is 1. The third-order valence-electron chi connectivity index (χ3n) is 3.74. The molecular weight excluding hydrogens is 261 g/mol. The van der Waals surface area contributed by atoms with Crippen LogP contribution in [-0.2, 0) is 4.79 Å². The van der Waals surface area contributed by atoms with Crippen LogP contribution < -0.4 is 11.5 Å². The molecule has 1 aliphatic heterocycles. The lowest BCUT2D eigenvalue weighted by Crippen LogP contribution is -2.44. The quantitative estimate of drug-likeness (QED) is 0.793. The Kier molecular flexibility index (Phi) is 3.92. The second kappa shape index (κ2) is 5.48. The Hall–Kier alpha value is -2.11. The molecule has 0 aromatic heterocycles. The van der Waals surface area contributed by atoms with Crippen LogP contribution in [0.1, 0.15) is 28.8 Å². The van der Waals surface area contributed by atoms with Crippen molar-refractivity contribution < 1.29 is 14.0 Å². The first-order valence-electron chi connectivity index (χ1n) is 6.54. The zero-order valence-electron chi connectivity index (χ0n) is 11.4. The van der Waals surface area contributed by atoms with E-state index in [2.05, 4.69) is 0 Å². The van der Waals surface area contributed by atoms with Crippen molar-refractivity contribution in [1.29, 1.82) is 0 Å². The molecule has 0 spiro atoms. The number of nitrogens with zero attached hydrogens (tertiary/aromatic N) is 1. The fourth-order valence-corrected chi connectivity index (χ4v) is 2.40. The van der Waals surface area contributed by atoms with Crippen molar-refractivity contribution in [3.63, 3.8) is 0 Å². The maximum atomic E-state index is 13.6. The Morgan fingerprint density at radius 2 is 2.10 bits per heavy atom.